The quantitative estimate of drug-likeness (QED) is 0.816. The lowest BCUT2D eigenvalue weighted by molar-refractivity contribution is 0.431. The van der Waals surface area contributed by atoms with Crippen molar-refractivity contribution >= 4 is 27.1 Å². The molecule has 0 radical (unpaired) electrons. The summed E-state index contributed by atoms with van der Waals surface area (Å²) >= 11 is 1.68. The third kappa shape index (κ3) is 2.01. The van der Waals surface area contributed by atoms with E-state index in [0.717, 1.165) is 22.5 Å². The van der Waals surface area contributed by atoms with Crippen LogP contribution in [0.1, 0.15) is 11.4 Å². The Hall–Kier alpha value is -1.87. The molecule has 17 heavy (non-hydrogen) atoms. The van der Waals surface area contributed by atoms with Gasteiger partial charge in [-0.05, 0) is 36.8 Å². The van der Waals surface area contributed by atoms with E-state index in [4.69, 9.17) is 0 Å². The highest BCUT2D eigenvalue weighted by Crippen LogP contribution is 2.28. The number of hydrogen-bond acceptors (Lipinski definition) is 3. The molecule has 1 N–H and O–H groups in total. The summed E-state index contributed by atoms with van der Waals surface area (Å²) in [4.78, 5) is 4.60. The average molecular weight is 241 g/mol. The van der Waals surface area contributed by atoms with Gasteiger partial charge in [-0.15, -0.1) is 11.3 Å². The zero-order chi connectivity index (χ0) is 11.7. The number of rotatable bonds is 1. The van der Waals surface area contributed by atoms with Crippen LogP contribution < -0.4 is 0 Å². The number of fused-ring (bicyclic) bond motifs is 1. The average Bonchev–Trinajstić information content (AvgIpc) is 2.65. The fourth-order valence-corrected chi connectivity index (χ4v) is 2.76. The van der Waals surface area contributed by atoms with Crippen molar-refractivity contribution in [3.8, 4) is 0 Å². The highest BCUT2D eigenvalue weighted by Gasteiger charge is 2.07. The van der Waals surface area contributed by atoms with Gasteiger partial charge in [0.25, 0.3) is 0 Å². The number of thiazole rings is 1. The van der Waals surface area contributed by atoms with Crippen LogP contribution in [0.3, 0.4) is 0 Å². The van der Waals surface area contributed by atoms with Crippen molar-refractivity contribution in [2.24, 2.45) is 0 Å². The van der Waals surface area contributed by atoms with Crippen molar-refractivity contribution in [1.82, 2.24) is 4.98 Å². The highest BCUT2D eigenvalue weighted by molar-refractivity contribution is 7.19. The number of hydrogen-bond donors (Lipinski definition) is 1. The first-order valence-corrected chi connectivity index (χ1v) is 6.28. The second kappa shape index (κ2) is 4.18. The van der Waals surface area contributed by atoms with Crippen LogP contribution in [0.2, 0.25) is 0 Å². The molecule has 1 heterocycles. The molecule has 1 aliphatic rings. The normalized spacial score (nSPS) is 15.5. The third-order valence-electron chi connectivity index (χ3n) is 2.64. The van der Waals surface area contributed by atoms with Crippen LogP contribution in [-0.2, 0) is 0 Å². The first-order valence-electron chi connectivity index (χ1n) is 5.46. The number of aliphatic hydroxyl groups is 1. The summed E-state index contributed by atoms with van der Waals surface area (Å²) in [6, 6.07) is 8.12. The molecule has 2 nitrogen and oxygen atoms in total. The largest absolute Gasteiger partial charge is 0.508 e. The second-order valence-electron chi connectivity index (χ2n) is 3.84. The fourth-order valence-electron chi connectivity index (χ4n) is 1.77. The maximum Gasteiger partial charge on any atom is 0.124 e. The molecule has 3 rings (SSSR count). The zero-order valence-corrected chi connectivity index (χ0v) is 9.95. The summed E-state index contributed by atoms with van der Waals surface area (Å²) in [5.74, 6) is 0.317. The van der Waals surface area contributed by atoms with Crippen LogP contribution in [0, 0.1) is 0 Å². The van der Waals surface area contributed by atoms with Gasteiger partial charge in [-0.2, -0.15) is 0 Å². The molecule has 1 aromatic carbocycles. The molecule has 0 bridgehead atoms. The topological polar surface area (TPSA) is 33.1 Å². The van der Waals surface area contributed by atoms with Crippen LogP contribution in [0.4, 0.5) is 0 Å². The van der Waals surface area contributed by atoms with Gasteiger partial charge in [0.2, 0.25) is 0 Å². The lowest BCUT2D eigenvalue weighted by atomic mass is 10.2. The minimum atomic E-state index is 0.317. The molecule has 0 amide bonds. The van der Waals surface area contributed by atoms with Gasteiger partial charge in [0.05, 0.1) is 10.2 Å². The molecule has 1 aliphatic carbocycles. The van der Waals surface area contributed by atoms with Gasteiger partial charge in [0.15, 0.2) is 0 Å². The first kappa shape index (κ1) is 10.3. The van der Waals surface area contributed by atoms with Crippen molar-refractivity contribution in [3.63, 3.8) is 0 Å². The van der Waals surface area contributed by atoms with E-state index in [-0.39, 0.29) is 0 Å². The molecule has 2 aromatic rings. The van der Waals surface area contributed by atoms with E-state index in [9.17, 15) is 5.11 Å². The van der Waals surface area contributed by atoms with Crippen molar-refractivity contribution in [2.75, 3.05) is 0 Å². The molecular weight excluding hydrogens is 230 g/mol. The summed E-state index contributed by atoms with van der Waals surface area (Å²) < 4.78 is 1.19. The Bertz CT molecular complexity index is 616. The number of aromatic nitrogens is 1. The van der Waals surface area contributed by atoms with Crippen LogP contribution >= 0.6 is 11.3 Å². The third-order valence-corrected chi connectivity index (χ3v) is 3.72. The van der Waals surface area contributed by atoms with E-state index in [1.54, 1.807) is 23.5 Å². The molecule has 84 valence electrons. The Labute approximate surface area is 103 Å². The minimum absolute atomic E-state index is 0.317. The monoisotopic (exact) mass is 241 g/mol. The minimum Gasteiger partial charge on any atom is -0.508 e. The molecule has 1 aromatic heterocycles. The predicted octanol–water partition coefficient (Wildman–Crippen LogP) is 4.08. The summed E-state index contributed by atoms with van der Waals surface area (Å²) in [5, 5.41) is 10.4. The van der Waals surface area contributed by atoms with E-state index in [2.05, 4.69) is 17.1 Å². The Morgan fingerprint density at radius 2 is 2.00 bits per heavy atom. The Kier molecular flexibility index (Phi) is 2.53. The standard InChI is InChI=1S/C14H11NOS/c16-11-5-3-4-10(8-9-11)14-15-12-6-1-2-7-13(12)17-14/h1-2,4-9,16H,3H2. The van der Waals surface area contributed by atoms with Crippen molar-refractivity contribution in [2.45, 2.75) is 6.42 Å². The second-order valence-corrected chi connectivity index (χ2v) is 4.87. The molecule has 0 unspecified atom stereocenters. The van der Waals surface area contributed by atoms with Crippen LogP contribution in [0.25, 0.3) is 15.8 Å². The van der Waals surface area contributed by atoms with Crippen LogP contribution in [0.15, 0.2) is 54.3 Å². The molecule has 0 spiro atoms. The Balaban J connectivity index is 2.04. The molecule has 3 heteroatoms. The number of allylic oxidation sites excluding steroid dienone is 5. The zero-order valence-electron chi connectivity index (χ0n) is 9.13. The lowest BCUT2D eigenvalue weighted by Gasteiger charge is -1.93. The van der Waals surface area contributed by atoms with E-state index >= 15 is 0 Å². The predicted molar refractivity (Wildman–Crippen MR) is 72.1 cm³/mol. The van der Waals surface area contributed by atoms with Crippen LogP contribution in [0.5, 0.6) is 0 Å². The van der Waals surface area contributed by atoms with Gasteiger partial charge in [0, 0.05) is 5.57 Å². The molecule has 0 fully saturated rings. The molecular formula is C14H11NOS. The fraction of sp³-hybridized carbons (Fsp3) is 0.0714. The molecule has 0 saturated heterocycles. The summed E-state index contributed by atoms with van der Waals surface area (Å²) in [5.41, 5.74) is 2.11. The molecule has 0 atom stereocenters. The van der Waals surface area contributed by atoms with Crippen LogP contribution in [-0.4, -0.2) is 10.1 Å². The van der Waals surface area contributed by atoms with E-state index < -0.39 is 0 Å². The number of benzene rings is 1. The van der Waals surface area contributed by atoms with E-state index in [1.807, 2.05) is 24.3 Å². The first-order chi connectivity index (χ1) is 8.33. The van der Waals surface area contributed by atoms with Crippen molar-refractivity contribution < 1.29 is 5.11 Å². The molecule has 0 saturated carbocycles. The SMILES string of the molecule is OC1=CCC=C(c2nc3ccccc3s2)C=C1. The maximum absolute atomic E-state index is 9.42. The van der Waals surface area contributed by atoms with Gasteiger partial charge in [-0.1, -0.05) is 18.2 Å². The maximum atomic E-state index is 9.42. The summed E-state index contributed by atoms with van der Waals surface area (Å²) in [6.07, 6.45) is 8.24. The van der Waals surface area contributed by atoms with Crippen molar-refractivity contribution in [3.05, 3.63) is 59.3 Å². The van der Waals surface area contributed by atoms with Gasteiger partial charge in [-0.25, -0.2) is 4.98 Å². The number of nitrogens with zero attached hydrogens (tertiary/aromatic N) is 1. The highest BCUT2D eigenvalue weighted by atomic mass is 32.1. The lowest BCUT2D eigenvalue weighted by Crippen LogP contribution is -1.77. The Morgan fingerprint density at radius 1 is 1.12 bits per heavy atom. The summed E-state index contributed by atoms with van der Waals surface area (Å²) in [6.45, 7) is 0. The Morgan fingerprint density at radius 3 is 2.88 bits per heavy atom. The molecule has 0 aliphatic heterocycles. The number of para-hydroxylation sites is 1. The van der Waals surface area contributed by atoms with Gasteiger partial charge < -0.3 is 5.11 Å². The van der Waals surface area contributed by atoms with E-state index in [1.165, 1.54) is 4.70 Å². The summed E-state index contributed by atoms with van der Waals surface area (Å²) in [7, 11) is 0. The van der Waals surface area contributed by atoms with Gasteiger partial charge in [0.1, 0.15) is 10.8 Å². The van der Waals surface area contributed by atoms with Gasteiger partial charge >= 0.3 is 0 Å². The van der Waals surface area contributed by atoms with Gasteiger partial charge in [-0.3, -0.25) is 0 Å². The van der Waals surface area contributed by atoms with E-state index in [0.29, 0.717) is 5.76 Å². The number of aliphatic hydroxyl groups excluding tert-OH is 1. The smallest absolute Gasteiger partial charge is 0.124 e. The van der Waals surface area contributed by atoms with Crippen molar-refractivity contribution in [1.29, 1.82) is 0 Å².